The maximum absolute atomic E-state index is 9.73. The summed E-state index contributed by atoms with van der Waals surface area (Å²) in [6.45, 7) is 11.6. The molecule has 3 heteroatoms. The Morgan fingerprint density at radius 2 is 1.84 bits per heavy atom. The number of aryl methyl sites for hydroxylation is 1. The molecule has 1 unspecified atom stereocenters. The zero-order valence-corrected chi connectivity index (χ0v) is 12.7. The molecule has 0 heterocycles. The summed E-state index contributed by atoms with van der Waals surface area (Å²) in [5.41, 5.74) is 3.64. The molecule has 108 valence electrons. The van der Waals surface area contributed by atoms with E-state index >= 15 is 0 Å². The molecule has 0 aromatic heterocycles. The smallest absolute Gasteiger partial charge is 0.122 e. The maximum atomic E-state index is 9.73. The highest BCUT2D eigenvalue weighted by Gasteiger charge is 2.12. The Morgan fingerprint density at radius 3 is 2.42 bits per heavy atom. The quantitative estimate of drug-likeness (QED) is 0.823. The third kappa shape index (κ3) is 4.84. The monoisotopic (exact) mass is 266 g/mol. The lowest BCUT2D eigenvalue weighted by Crippen LogP contribution is -2.23. The molecule has 0 fully saturated rings. The zero-order valence-electron chi connectivity index (χ0n) is 12.7. The summed E-state index contributed by atoms with van der Waals surface area (Å²) in [6.07, 6.45) is -0.581. The first kappa shape index (κ1) is 16.0. The van der Waals surface area contributed by atoms with Crippen LogP contribution in [-0.2, 0) is 4.74 Å². The molecule has 3 nitrogen and oxygen atoms in total. The fourth-order valence-corrected chi connectivity index (χ4v) is 2.09. The second kappa shape index (κ2) is 7.51. The minimum Gasteiger partial charge on any atom is -0.491 e. The minimum absolute atomic E-state index is 0.266. The van der Waals surface area contributed by atoms with E-state index in [0.717, 1.165) is 11.3 Å². The molecule has 0 spiro atoms. The van der Waals surface area contributed by atoms with Gasteiger partial charge in [-0.3, -0.25) is 0 Å². The van der Waals surface area contributed by atoms with Crippen LogP contribution >= 0.6 is 0 Å². The van der Waals surface area contributed by atoms with Gasteiger partial charge < -0.3 is 14.6 Å². The molecule has 1 rings (SSSR count). The first-order chi connectivity index (χ1) is 8.95. The van der Waals surface area contributed by atoms with Crippen LogP contribution in [0, 0.1) is 13.8 Å². The van der Waals surface area contributed by atoms with Crippen LogP contribution in [0.4, 0.5) is 0 Å². The summed E-state index contributed by atoms with van der Waals surface area (Å²) in [4.78, 5) is 0. The van der Waals surface area contributed by atoms with Crippen molar-refractivity contribution < 1.29 is 14.6 Å². The van der Waals surface area contributed by atoms with Crippen LogP contribution in [0.3, 0.4) is 0 Å². The average Bonchev–Trinajstić information content (AvgIpc) is 2.36. The number of hydrogen-bond acceptors (Lipinski definition) is 3. The lowest BCUT2D eigenvalue weighted by Gasteiger charge is -2.18. The van der Waals surface area contributed by atoms with Crippen LogP contribution in [0.5, 0.6) is 5.75 Å². The number of hydrogen-bond donors (Lipinski definition) is 1. The van der Waals surface area contributed by atoms with E-state index in [1.54, 1.807) is 0 Å². The van der Waals surface area contributed by atoms with Crippen LogP contribution in [0.2, 0.25) is 0 Å². The normalized spacial score (nSPS) is 12.8. The molecule has 0 amide bonds. The van der Waals surface area contributed by atoms with Gasteiger partial charge in [-0.2, -0.15) is 0 Å². The van der Waals surface area contributed by atoms with E-state index in [9.17, 15) is 5.11 Å². The van der Waals surface area contributed by atoms with Crippen molar-refractivity contribution in [3.63, 3.8) is 0 Å². The topological polar surface area (TPSA) is 38.7 Å². The molecule has 0 aliphatic rings. The Morgan fingerprint density at radius 1 is 1.16 bits per heavy atom. The molecule has 19 heavy (non-hydrogen) atoms. The summed E-state index contributed by atoms with van der Waals surface area (Å²) < 4.78 is 10.9. The van der Waals surface area contributed by atoms with Gasteiger partial charge in [0.1, 0.15) is 18.5 Å². The van der Waals surface area contributed by atoms with Gasteiger partial charge in [0, 0.05) is 6.61 Å². The third-order valence-electron chi connectivity index (χ3n) is 3.11. The summed E-state index contributed by atoms with van der Waals surface area (Å²) in [5.74, 6) is 1.33. The van der Waals surface area contributed by atoms with Crippen molar-refractivity contribution in [2.24, 2.45) is 0 Å². The minimum atomic E-state index is -0.581. The van der Waals surface area contributed by atoms with E-state index in [2.05, 4.69) is 33.8 Å². The van der Waals surface area contributed by atoms with Gasteiger partial charge in [0.25, 0.3) is 0 Å². The van der Waals surface area contributed by atoms with Gasteiger partial charge in [-0.15, -0.1) is 0 Å². The highest BCUT2D eigenvalue weighted by molar-refractivity contribution is 5.44. The Balaban J connectivity index is 2.73. The molecule has 0 saturated heterocycles. The van der Waals surface area contributed by atoms with E-state index in [1.165, 1.54) is 11.1 Å². The number of rotatable bonds is 7. The molecule has 0 bridgehead atoms. The summed E-state index contributed by atoms with van der Waals surface area (Å²) in [5, 5.41) is 9.73. The summed E-state index contributed by atoms with van der Waals surface area (Å²) >= 11 is 0. The number of ether oxygens (including phenoxy) is 2. The molecule has 0 radical (unpaired) electrons. The Kier molecular flexibility index (Phi) is 6.32. The number of aliphatic hydroxyl groups excluding tert-OH is 1. The van der Waals surface area contributed by atoms with Gasteiger partial charge in [-0.25, -0.2) is 0 Å². The Hall–Kier alpha value is -1.06. The number of benzene rings is 1. The second-order valence-corrected chi connectivity index (χ2v) is 5.26. The van der Waals surface area contributed by atoms with E-state index in [0.29, 0.717) is 19.1 Å². The predicted molar refractivity (Wildman–Crippen MR) is 78.0 cm³/mol. The molecule has 1 N–H and O–H groups in total. The average molecular weight is 266 g/mol. The summed E-state index contributed by atoms with van der Waals surface area (Å²) in [7, 11) is 0. The highest BCUT2D eigenvalue weighted by Crippen LogP contribution is 2.29. The Bertz CT molecular complexity index is 399. The van der Waals surface area contributed by atoms with Gasteiger partial charge in [-0.05, 0) is 49.4 Å². The van der Waals surface area contributed by atoms with E-state index in [-0.39, 0.29) is 6.61 Å². The van der Waals surface area contributed by atoms with Crippen LogP contribution in [0.15, 0.2) is 12.1 Å². The van der Waals surface area contributed by atoms with E-state index in [1.807, 2.05) is 13.0 Å². The maximum Gasteiger partial charge on any atom is 0.122 e. The molecule has 1 aromatic carbocycles. The molecule has 0 aliphatic carbocycles. The zero-order chi connectivity index (χ0) is 14.4. The Labute approximate surface area is 116 Å². The predicted octanol–water partition coefficient (Wildman–Crippen LogP) is 3.20. The first-order valence-corrected chi connectivity index (χ1v) is 6.95. The lowest BCUT2D eigenvalue weighted by molar-refractivity contribution is 0.0163. The molecular formula is C16H26O3. The van der Waals surface area contributed by atoms with Crippen LogP contribution in [0.1, 0.15) is 43.4 Å². The largest absolute Gasteiger partial charge is 0.491 e. The van der Waals surface area contributed by atoms with Gasteiger partial charge in [0.2, 0.25) is 0 Å². The van der Waals surface area contributed by atoms with Crippen molar-refractivity contribution in [1.82, 2.24) is 0 Å². The van der Waals surface area contributed by atoms with Crippen LogP contribution < -0.4 is 4.74 Å². The van der Waals surface area contributed by atoms with Crippen molar-refractivity contribution in [1.29, 1.82) is 0 Å². The highest BCUT2D eigenvalue weighted by atomic mass is 16.5. The lowest BCUT2D eigenvalue weighted by atomic mass is 9.95. The fourth-order valence-electron chi connectivity index (χ4n) is 2.09. The molecular weight excluding hydrogens is 240 g/mol. The number of aliphatic hydroxyl groups is 1. The van der Waals surface area contributed by atoms with Crippen molar-refractivity contribution in [3.05, 3.63) is 28.8 Å². The van der Waals surface area contributed by atoms with Gasteiger partial charge in [0.15, 0.2) is 0 Å². The second-order valence-electron chi connectivity index (χ2n) is 5.26. The van der Waals surface area contributed by atoms with Crippen LogP contribution in [-0.4, -0.2) is 31.0 Å². The van der Waals surface area contributed by atoms with Gasteiger partial charge in [-0.1, -0.05) is 19.9 Å². The van der Waals surface area contributed by atoms with Crippen molar-refractivity contribution in [2.75, 3.05) is 19.8 Å². The SMILES string of the molecule is CCOCC(O)COc1cc(C)cc(C(C)C)c1C. The third-order valence-corrected chi connectivity index (χ3v) is 3.11. The van der Waals surface area contributed by atoms with Crippen molar-refractivity contribution in [3.8, 4) is 5.75 Å². The first-order valence-electron chi connectivity index (χ1n) is 6.95. The van der Waals surface area contributed by atoms with Gasteiger partial charge >= 0.3 is 0 Å². The molecule has 0 saturated carbocycles. The molecule has 1 atom stereocenters. The van der Waals surface area contributed by atoms with Crippen molar-refractivity contribution >= 4 is 0 Å². The summed E-state index contributed by atoms with van der Waals surface area (Å²) in [6, 6.07) is 4.22. The standard InChI is InChI=1S/C16H26O3/c1-6-18-9-14(17)10-19-16-8-12(4)7-15(11(2)3)13(16)5/h7-8,11,14,17H,6,9-10H2,1-5H3. The van der Waals surface area contributed by atoms with Gasteiger partial charge in [0.05, 0.1) is 6.61 Å². The molecule has 0 aliphatic heterocycles. The van der Waals surface area contributed by atoms with E-state index < -0.39 is 6.10 Å². The van der Waals surface area contributed by atoms with Crippen molar-refractivity contribution in [2.45, 2.75) is 46.6 Å². The van der Waals surface area contributed by atoms with Crippen LogP contribution in [0.25, 0.3) is 0 Å². The fraction of sp³-hybridized carbons (Fsp3) is 0.625. The molecule has 1 aromatic rings. The van der Waals surface area contributed by atoms with E-state index in [4.69, 9.17) is 9.47 Å².